The fourth-order valence-electron chi connectivity index (χ4n) is 1.47. The molecule has 16 heavy (non-hydrogen) atoms. The highest BCUT2D eigenvalue weighted by Crippen LogP contribution is 2.23. The first-order valence-corrected chi connectivity index (χ1v) is 5.00. The summed E-state index contributed by atoms with van der Waals surface area (Å²) in [5.74, 6) is -5.70. The molecule has 0 aliphatic heterocycles. The van der Waals surface area contributed by atoms with E-state index < -0.39 is 18.3 Å². The quantitative estimate of drug-likeness (QED) is 0.860. The molecule has 0 spiro atoms. The van der Waals surface area contributed by atoms with E-state index in [0.29, 0.717) is 0 Å². The highest BCUT2D eigenvalue weighted by molar-refractivity contribution is 5.75. The average Bonchev–Trinajstić information content (AvgIpc) is 2.19. The van der Waals surface area contributed by atoms with Crippen molar-refractivity contribution in [2.24, 2.45) is 0 Å². The van der Waals surface area contributed by atoms with Crippen LogP contribution in [-0.2, 0) is 11.2 Å². The van der Waals surface area contributed by atoms with E-state index in [9.17, 15) is 13.6 Å². The topological polar surface area (TPSA) is 37.3 Å². The normalized spacial score (nSPS) is 11.5. The molecule has 0 saturated heterocycles. The van der Waals surface area contributed by atoms with Gasteiger partial charge in [0.15, 0.2) is 0 Å². The fraction of sp³-hybridized carbons (Fsp3) is 0.417. The molecule has 0 aliphatic carbocycles. The predicted octanol–water partition coefficient (Wildman–Crippen LogP) is 2.96. The smallest absolute Gasteiger partial charge is 0.374 e. The third-order valence-corrected chi connectivity index (χ3v) is 2.53. The van der Waals surface area contributed by atoms with Crippen LogP contribution in [0.25, 0.3) is 0 Å². The van der Waals surface area contributed by atoms with Gasteiger partial charge in [-0.2, -0.15) is 8.78 Å². The molecule has 1 aromatic rings. The number of carbonyl (C=O) groups is 1. The number of benzene rings is 1. The molecule has 0 unspecified atom stereocenters. The maximum atomic E-state index is 12.9. The summed E-state index contributed by atoms with van der Waals surface area (Å²) in [7, 11) is 0. The van der Waals surface area contributed by atoms with Gasteiger partial charge in [0, 0.05) is 6.42 Å². The van der Waals surface area contributed by atoms with Gasteiger partial charge >= 0.3 is 11.9 Å². The largest absolute Gasteiger partial charge is 0.477 e. The van der Waals surface area contributed by atoms with Crippen molar-refractivity contribution in [1.29, 1.82) is 0 Å². The number of aryl methyl sites for hydroxylation is 3. The summed E-state index contributed by atoms with van der Waals surface area (Å²) in [5, 5.41) is 8.29. The van der Waals surface area contributed by atoms with E-state index in [-0.39, 0.29) is 6.42 Å². The maximum absolute atomic E-state index is 12.9. The summed E-state index contributed by atoms with van der Waals surface area (Å²) in [6.45, 7) is 3.70. The number of halogens is 2. The number of carboxylic acid groups (broad SMARTS) is 1. The molecular formula is C12H14F2O2. The molecule has 0 fully saturated rings. The molecule has 0 heterocycles. The van der Waals surface area contributed by atoms with Crippen LogP contribution < -0.4 is 0 Å². The minimum Gasteiger partial charge on any atom is -0.477 e. The highest BCUT2D eigenvalue weighted by atomic mass is 19.3. The second-order valence-corrected chi connectivity index (χ2v) is 3.94. The summed E-state index contributed by atoms with van der Waals surface area (Å²) in [4.78, 5) is 10.2. The molecule has 0 radical (unpaired) electrons. The molecule has 1 N–H and O–H groups in total. The van der Waals surface area contributed by atoms with Gasteiger partial charge in [0.25, 0.3) is 0 Å². The summed E-state index contributed by atoms with van der Waals surface area (Å²) in [5.41, 5.74) is 2.67. The molecule has 0 saturated carbocycles. The Morgan fingerprint density at radius 1 is 1.38 bits per heavy atom. The van der Waals surface area contributed by atoms with Crippen LogP contribution in [0.2, 0.25) is 0 Å². The molecular weight excluding hydrogens is 214 g/mol. The van der Waals surface area contributed by atoms with E-state index in [2.05, 4.69) is 0 Å². The molecule has 1 rings (SSSR count). The van der Waals surface area contributed by atoms with Crippen LogP contribution in [0.3, 0.4) is 0 Å². The van der Waals surface area contributed by atoms with Crippen molar-refractivity contribution in [1.82, 2.24) is 0 Å². The first kappa shape index (κ1) is 12.6. The van der Waals surface area contributed by atoms with Gasteiger partial charge in [-0.1, -0.05) is 23.8 Å². The number of aliphatic carboxylic acids is 1. The van der Waals surface area contributed by atoms with Crippen LogP contribution in [0.5, 0.6) is 0 Å². The zero-order valence-electron chi connectivity index (χ0n) is 9.26. The zero-order valence-corrected chi connectivity index (χ0v) is 9.26. The first-order chi connectivity index (χ1) is 7.33. The monoisotopic (exact) mass is 228 g/mol. The van der Waals surface area contributed by atoms with Crippen LogP contribution in [0.15, 0.2) is 18.2 Å². The Morgan fingerprint density at radius 3 is 2.56 bits per heavy atom. The highest BCUT2D eigenvalue weighted by Gasteiger charge is 2.38. The Balaban J connectivity index is 2.75. The van der Waals surface area contributed by atoms with Crippen molar-refractivity contribution in [3.05, 3.63) is 34.9 Å². The lowest BCUT2D eigenvalue weighted by molar-refractivity contribution is -0.165. The van der Waals surface area contributed by atoms with Crippen LogP contribution >= 0.6 is 0 Å². The Morgan fingerprint density at radius 2 is 2.00 bits per heavy atom. The van der Waals surface area contributed by atoms with Crippen molar-refractivity contribution >= 4 is 5.97 Å². The van der Waals surface area contributed by atoms with Gasteiger partial charge in [-0.3, -0.25) is 0 Å². The Bertz CT molecular complexity index is 400. The molecule has 0 amide bonds. The molecule has 0 atom stereocenters. The molecule has 1 aromatic carbocycles. The summed E-state index contributed by atoms with van der Waals surface area (Å²) in [6.07, 6.45) is -0.584. The Labute approximate surface area is 92.9 Å². The van der Waals surface area contributed by atoms with Crippen LogP contribution in [-0.4, -0.2) is 17.0 Å². The third-order valence-electron chi connectivity index (χ3n) is 2.53. The van der Waals surface area contributed by atoms with E-state index in [1.165, 1.54) is 0 Å². The Hall–Kier alpha value is -1.45. The standard InChI is InChI=1S/C12H14F2O2/c1-8-3-4-9(2)10(7-8)5-6-12(13,14)11(15)16/h3-4,7H,5-6H2,1-2H3,(H,15,16). The van der Waals surface area contributed by atoms with E-state index >= 15 is 0 Å². The number of alkyl halides is 2. The van der Waals surface area contributed by atoms with Gasteiger partial charge in [0.1, 0.15) is 0 Å². The molecule has 2 nitrogen and oxygen atoms in total. The van der Waals surface area contributed by atoms with E-state index in [1.54, 1.807) is 0 Å². The summed E-state index contributed by atoms with van der Waals surface area (Å²) >= 11 is 0. The summed E-state index contributed by atoms with van der Waals surface area (Å²) in [6, 6.07) is 5.56. The molecule has 0 bridgehead atoms. The van der Waals surface area contributed by atoms with Crippen molar-refractivity contribution in [2.45, 2.75) is 32.6 Å². The predicted molar refractivity (Wildman–Crippen MR) is 56.8 cm³/mol. The molecule has 0 aromatic heterocycles. The average molecular weight is 228 g/mol. The molecule has 0 aliphatic rings. The fourth-order valence-corrected chi connectivity index (χ4v) is 1.47. The van der Waals surface area contributed by atoms with Crippen molar-refractivity contribution in [3.63, 3.8) is 0 Å². The number of hydrogen-bond acceptors (Lipinski definition) is 1. The zero-order chi connectivity index (χ0) is 12.3. The van der Waals surface area contributed by atoms with Gasteiger partial charge in [-0.15, -0.1) is 0 Å². The van der Waals surface area contributed by atoms with Crippen molar-refractivity contribution in [3.8, 4) is 0 Å². The van der Waals surface area contributed by atoms with Crippen molar-refractivity contribution in [2.75, 3.05) is 0 Å². The lowest BCUT2D eigenvalue weighted by Gasteiger charge is -2.12. The second-order valence-electron chi connectivity index (χ2n) is 3.94. The van der Waals surface area contributed by atoms with Gasteiger partial charge in [0.2, 0.25) is 0 Å². The van der Waals surface area contributed by atoms with Crippen LogP contribution in [0.4, 0.5) is 8.78 Å². The second kappa shape index (κ2) is 4.60. The van der Waals surface area contributed by atoms with Gasteiger partial charge in [-0.05, 0) is 31.4 Å². The van der Waals surface area contributed by atoms with E-state index in [4.69, 9.17) is 5.11 Å². The van der Waals surface area contributed by atoms with Gasteiger partial charge < -0.3 is 5.11 Å². The first-order valence-electron chi connectivity index (χ1n) is 5.00. The number of carboxylic acids is 1. The van der Waals surface area contributed by atoms with Crippen molar-refractivity contribution < 1.29 is 18.7 Å². The minimum absolute atomic E-state index is 0.0762. The minimum atomic E-state index is -3.64. The van der Waals surface area contributed by atoms with Crippen LogP contribution in [0, 0.1) is 13.8 Å². The SMILES string of the molecule is Cc1ccc(C)c(CCC(F)(F)C(=O)O)c1. The molecule has 88 valence electrons. The van der Waals surface area contributed by atoms with Gasteiger partial charge in [0.05, 0.1) is 0 Å². The Kier molecular flexibility index (Phi) is 3.62. The van der Waals surface area contributed by atoms with E-state index in [0.717, 1.165) is 16.7 Å². The summed E-state index contributed by atoms with van der Waals surface area (Å²) < 4.78 is 25.7. The van der Waals surface area contributed by atoms with Crippen LogP contribution in [0.1, 0.15) is 23.1 Å². The molecule has 4 heteroatoms. The maximum Gasteiger partial charge on any atom is 0.374 e. The van der Waals surface area contributed by atoms with Gasteiger partial charge in [-0.25, -0.2) is 4.79 Å². The van der Waals surface area contributed by atoms with E-state index in [1.807, 2.05) is 32.0 Å². The number of rotatable bonds is 4. The third kappa shape index (κ3) is 3.02. The lowest BCUT2D eigenvalue weighted by Crippen LogP contribution is -2.28. The lowest BCUT2D eigenvalue weighted by atomic mass is 9.99. The number of hydrogen-bond donors (Lipinski definition) is 1.